The molecule has 2 rings (SSSR count). The molecule has 2 aromatic carbocycles. The summed E-state index contributed by atoms with van der Waals surface area (Å²) in [5, 5.41) is 12.4. The molecule has 0 fully saturated rings. The Hall–Kier alpha value is -3.53. The van der Waals surface area contributed by atoms with Gasteiger partial charge in [0.2, 0.25) is 0 Å². The van der Waals surface area contributed by atoms with Gasteiger partial charge in [0.25, 0.3) is 0 Å². The highest BCUT2D eigenvalue weighted by Gasteiger charge is 2.06. The number of guanidine groups is 1. The summed E-state index contributed by atoms with van der Waals surface area (Å²) in [6.45, 7) is 2.20. The monoisotopic (exact) mass is 393 g/mol. The summed E-state index contributed by atoms with van der Waals surface area (Å²) < 4.78 is 4.89. The average Bonchev–Trinajstić information content (AvgIpc) is 2.71. The maximum atomic E-state index is 11.4. The number of carbonyl (C=O) groups excluding carboxylic acids is 1. The maximum absolute atomic E-state index is 11.4. The zero-order valence-electron chi connectivity index (χ0n) is 16.6. The number of unbranched alkanes of at least 4 members (excludes halogenated alkanes) is 1. The highest BCUT2D eigenvalue weighted by molar-refractivity contribution is 5.79. The molecule has 0 aliphatic heterocycles. The van der Waals surface area contributed by atoms with E-state index in [1.807, 2.05) is 36.4 Å². The predicted octanol–water partition coefficient (Wildman–Crippen LogP) is 3.00. The number of nitrogens with two attached hydrogens (primary N) is 2. The van der Waals surface area contributed by atoms with E-state index >= 15 is 0 Å². The van der Waals surface area contributed by atoms with Crippen LogP contribution in [-0.4, -0.2) is 25.1 Å². The Morgan fingerprint density at radius 2 is 1.86 bits per heavy atom. The normalized spacial score (nSPS) is 10.1. The number of nitrogens with one attached hydrogen (secondary N) is 1. The van der Waals surface area contributed by atoms with Gasteiger partial charge >= 0.3 is 5.97 Å². The fourth-order valence-electron chi connectivity index (χ4n) is 2.93. The summed E-state index contributed by atoms with van der Waals surface area (Å²) >= 11 is 0. The van der Waals surface area contributed by atoms with Crippen molar-refractivity contribution in [2.45, 2.75) is 32.6 Å². The Morgan fingerprint density at radius 1 is 1.14 bits per heavy atom. The van der Waals surface area contributed by atoms with Gasteiger partial charge in [-0.15, -0.1) is 0 Å². The van der Waals surface area contributed by atoms with E-state index in [-0.39, 0.29) is 18.5 Å². The number of aryl methyl sites for hydroxylation is 2. The molecule has 0 aliphatic rings. The summed E-state index contributed by atoms with van der Waals surface area (Å²) in [6, 6.07) is 15.7. The standard InChI is InChI=1S/C22H27N5O2/c1-2-29-21(28)15-26-20-12-9-17(18(13-20)14-23)6-4-3-5-16-7-10-19(11-8-16)27-22(24)25/h7-13,26H,2-6,15H2,1H3,(H4,24,25,27). The van der Waals surface area contributed by atoms with Gasteiger partial charge in [-0.3, -0.25) is 4.79 Å². The second-order valence-electron chi connectivity index (χ2n) is 6.55. The van der Waals surface area contributed by atoms with Crippen molar-refractivity contribution >= 4 is 23.3 Å². The van der Waals surface area contributed by atoms with Crippen LogP contribution in [-0.2, 0) is 22.4 Å². The summed E-state index contributed by atoms with van der Waals surface area (Å²) in [6.07, 6.45) is 3.76. The molecule has 152 valence electrons. The summed E-state index contributed by atoms with van der Waals surface area (Å²) in [4.78, 5) is 15.4. The van der Waals surface area contributed by atoms with Crippen LogP contribution in [0.4, 0.5) is 11.4 Å². The molecule has 0 atom stereocenters. The van der Waals surface area contributed by atoms with E-state index in [1.54, 1.807) is 13.0 Å². The lowest BCUT2D eigenvalue weighted by molar-refractivity contribution is -0.140. The minimum atomic E-state index is -0.318. The fraction of sp³-hybridized carbons (Fsp3) is 0.318. The number of rotatable bonds is 10. The van der Waals surface area contributed by atoms with Crippen molar-refractivity contribution in [3.05, 3.63) is 59.2 Å². The summed E-state index contributed by atoms with van der Waals surface area (Å²) in [7, 11) is 0. The first kappa shape index (κ1) is 21.8. The van der Waals surface area contributed by atoms with Crippen molar-refractivity contribution in [1.29, 1.82) is 5.26 Å². The minimum Gasteiger partial charge on any atom is -0.465 e. The van der Waals surface area contributed by atoms with Crippen molar-refractivity contribution in [2.75, 3.05) is 18.5 Å². The predicted molar refractivity (Wildman–Crippen MR) is 115 cm³/mol. The van der Waals surface area contributed by atoms with Crippen LogP contribution in [0.3, 0.4) is 0 Å². The molecule has 0 amide bonds. The Labute approximate surface area is 171 Å². The molecule has 0 saturated heterocycles. The van der Waals surface area contributed by atoms with Gasteiger partial charge in [-0.2, -0.15) is 5.26 Å². The van der Waals surface area contributed by atoms with Crippen LogP contribution >= 0.6 is 0 Å². The molecule has 0 aromatic heterocycles. The Balaban J connectivity index is 1.83. The SMILES string of the molecule is CCOC(=O)CNc1ccc(CCCCc2ccc(N=C(N)N)cc2)c(C#N)c1. The van der Waals surface area contributed by atoms with Gasteiger partial charge in [-0.05, 0) is 68.0 Å². The molecular formula is C22H27N5O2. The first-order valence-electron chi connectivity index (χ1n) is 9.63. The molecule has 0 unspecified atom stereocenters. The first-order valence-corrected chi connectivity index (χ1v) is 9.63. The van der Waals surface area contributed by atoms with Crippen molar-refractivity contribution in [3.8, 4) is 6.07 Å². The lowest BCUT2D eigenvalue weighted by Gasteiger charge is -2.09. The smallest absolute Gasteiger partial charge is 0.325 e. The van der Waals surface area contributed by atoms with E-state index in [0.29, 0.717) is 12.2 Å². The van der Waals surface area contributed by atoms with Gasteiger partial charge in [0, 0.05) is 5.69 Å². The van der Waals surface area contributed by atoms with Crippen molar-refractivity contribution in [2.24, 2.45) is 16.5 Å². The number of nitrogens with zero attached hydrogens (tertiary/aromatic N) is 2. The number of esters is 1. The van der Waals surface area contributed by atoms with Gasteiger partial charge in [0.15, 0.2) is 5.96 Å². The second-order valence-corrected chi connectivity index (χ2v) is 6.55. The first-order chi connectivity index (χ1) is 14.0. The third kappa shape index (κ3) is 7.54. The molecule has 0 bridgehead atoms. The van der Waals surface area contributed by atoms with Crippen molar-refractivity contribution in [1.82, 2.24) is 0 Å². The van der Waals surface area contributed by atoms with Crippen LogP contribution in [0.1, 0.15) is 36.5 Å². The molecule has 0 radical (unpaired) electrons. The third-order valence-corrected chi connectivity index (χ3v) is 4.33. The van der Waals surface area contributed by atoms with Crippen LogP contribution in [0.25, 0.3) is 0 Å². The molecule has 0 aliphatic carbocycles. The quantitative estimate of drug-likeness (QED) is 0.246. The number of aliphatic imine (C=N–C) groups is 1. The highest BCUT2D eigenvalue weighted by Crippen LogP contribution is 2.19. The van der Waals surface area contributed by atoms with Crippen LogP contribution in [0.15, 0.2) is 47.5 Å². The topological polar surface area (TPSA) is 127 Å². The zero-order valence-corrected chi connectivity index (χ0v) is 16.6. The van der Waals surface area contributed by atoms with Gasteiger partial charge in [0.05, 0.1) is 23.9 Å². The zero-order chi connectivity index (χ0) is 21.1. The van der Waals surface area contributed by atoms with Crippen LogP contribution < -0.4 is 16.8 Å². The molecule has 0 spiro atoms. The Morgan fingerprint density at radius 3 is 2.52 bits per heavy atom. The summed E-state index contributed by atoms with van der Waals surface area (Å²) in [5.74, 6) is -0.269. The van der Waals surface area contributed by atoms with Gasteiger partial charge in [-0.1, -0.05) is 18.2 Å². The molecule has 2 aromatic rings. The Bertz CT molecular complexity index is 881. The largest absolute Gasteiger partial charge is 0.465 e. The number of anilines is 1. The van der Waals surface area contributed by atoms with Crippen molar-refractivity contribution in [3.63, 3.8) is 0 Å². The molecule has 29 heavy (non-hydrogen) atoms. The van der Waals surface area contributed by atoms with E-state index in [0.717, 1.165) is 42.6 Å². The molecule has 7 heteroatoms. The lowest BCUT2D eigenvalue weighted by Crippen LogP contribution is -2.21. The minimum absolute atomic E-state index is 0.0492. The average molecular weight is 393 g/mol. The molecule has 0 saturated carbocycles. The second kappa shape index (κ2) is 11.3. The van der Waals surface area contributed by atoms with Gasteiger partial charge < -0.3 is 21.5 Å². The lowest BCUT2D eigenvalue weighted by atomic mass is 9.99. The number of hydrogen-bond donors (Lipinski definition) is 3. The third-order valence-electron chi connectivity index (χ3n) is 4.33. The Kier molecular flexibility index (Phi) is 8.51. The number of ether oxygens (including phenoxy) is 1. The van der Waals surface area contributed by atoms with Crippen LogP contribution in [0.2, 0.25) is 0 Å². The van der Waals surface area contributed by atoms with E-state index in [1.165, 1.54) is 5.56 Å². The number of benzene rings is 2. The summed E-state index contributed by atoms with van der Waals surface area (Å²) in [5.41, 5.74) is 15.1. The van der Waals surface area contributed by atoms with E-state index in [4.69, 9.17) is 16.2 Å². The van der Waals surface area contributed by atoms with E-state index in [9.17, 15) is 10.1 Å². The highest BCUT2D eigenvalue weighted by atomic mass is 16.5. The molecule has 5 N–H and O–H groups in total. The van der Waals surface area contributed by atoms with Crippen molar-refractivity contribution < 1.29 is 9.53 Å². The molecule has 7 nitrogen and oxygen atoms in total. The molecular weight excluding hydrogens is 366 g/mol. The van der Waals surface area contributed by atoms with Gasteiger partial charge in [-0.25, -0.2) is 4.99 Å². The fourth-order valence-corrected chi connectivity index (χ4v) is 2.93. The van der Waals surface area contributed by atoms with Crippen LogP contribution in [0.5, 0.6) is 0 Å². The number of hydrogen-bond acceptors (Lipinski definition) is 5. The molecule has 0 heterocycles. The van der Waals surface area contributed by atoms with Crippen LogP contribution in [0, 0.1) is 11.3 Å². The van der Waals surface area contributed by atoms with E-state index < -0.39 is 0 Å². The number of carbonyl (C=O) groups is 1. The maximum Gasteiger partial charge on any atom is 0.325 e. The number of nitriles is 1. The van der Waals surface area contributed by atoms with Gasteiger partial charge in [0.1, 0.15) is 6.54 Å². The van der Waals surface area contributed by atoms with E-state index in [2.05, 4.69) is 16.4 Å².